The maximum Gasteiger partial charge on any atom is 0.354 e. The topological polar surface area (TPSA) is 89.1 Å². The smallest absolute Gasteiger partial charge is 0.354 e. The number of H-pyrrole nitrogens is 1. The average molecular weight is 358 g/mol. The number of fused-ring (bicyclic) bond motifs is 1. The Kier molecular flexibility index (Phi) is 5.01. The van der Waals surface area contributed by atoms with Gasteiger partial charge >= 0.3 is 5.97 Å². The molecule has 7 nitrogen and oxygen atoms in total. The maximum absolute atomic E-state index is 13.6. The van der Waals surface area contributed by atoms with Crippen LogP contribution in [0.5, 0.6) is 5.75 Å². The zero-order chi connectivity index (χ0) is 18.7. The summed E-state index contributed by atoms with van der Waals surface area (Å²) in [5, 5.41) is 3.11. The van der Waals surface area contributed by atoms with Crippen molar-refractivity contribution in [3.8, 4) is 5.75 Å². The van der Waals surface area contributed by atoms with E-state index < -0.39 is 11.8 Å². The molecule has 0 amide bonds. The van der Waals surface area contributed by atoms with Gasteiger partial charge in [-0.15, -0.1) is 0 Å². The van der Waals surface area contributed by atoms with Crippen LogP contribution in [0.3, 0.4) is 0 Å². The van der Waals surface area contributed by atoms with Gasteiger partial charge in [-0.1, -0.05) is 0 Å². The minimum absolute atomic E-state index is 0.122. The van der Waals surface area contributed by atoms with Crippen molar-refractivity contribution < 1.29 is 18.7 Å². The number of esters is 1. The standard InChI is InChI=1S/C18H19FN4O3/c1-4-25-18(24)14-8-13-16(22-14)17(21-9-20-13)23-12-6-5-11(19)7-15(12)26-10(2)3/h5-10,22H,4H2,1-3H3,(H,20,21,23). The largest absolute Gasteiger partial charge is 0.489 e. The predicted molar refractivity (Wildman–Crippen MR) is 95.3 cm³/mol. The Bertz CT molecular complexity index is 939. The molecule has 0 fully saturated rings. The number of carbonyl (C=O) groups excluding carboxylic acids is 1. The van der Waals surface area contributed by atoms with Gasteiger partial charge in [-0.3, -0.25) is 0 Å². The molecule has 26 heavy (non-hydrogen) atoms. The third-order valence-electron chi connectivity index (χ3n) is 3.47. The number of aromatic nitrogens is 3. The lowest BCUT2D eigenvalue weighted by molar-refractivity contribution is 0.0520. The van der Waals surface area contributed by atoms with Gasteiger partial charge in [0.2, 0.25) is 0 Å². The number of benzene rings is 1. The van der Waals surface area contributed by atoms with Crippen LogP contribution in [0.1, 0.15) is 31.3 Å². The summed E-state index contributed by atoms with van der Waals surface area (Å²) in [5.74, 6) is -0.0692. The van der Waals surface area contributed by atoms with Gasteiger partial charge in [0.15, 0.2) is 5.82 Å². The number of nitrogens with zero attached hydrogens (tertiary/aromatic N) is 2. The molecule has 0 aliphatic rings. The summed E-state index contributed by atoms with van der Waals surface area (Å²) in [6.07, 6.45) is 1.25. The van der Waals surface area contributed by atoms with E-state index in [-0.39, 0.29) is 18.4 Å². The van der Waals surface area contributed by atoms with E-state index in [1.807, 2.05) is 13.8 Å². The molecular formula is C18H19FN4O3. The van der Waals surface area contributed by atoms with E-state index in [9.17, 15) is 9.18 Å². The zero-order valence-corrected chi connectivity index (χ0v) is 14.7. The number of rotatable bonds is 6. The summed E-state index contributed by atoms with van der Waals surface area (Å²) in [7, 11) is 0. The van der Waals surface area contributed by atoms with E-state index in [0.29, 0.717) is 28.3 Å². The molecule has 0 saturated heterocycles. The molecule has 0 radical (unpaired) electrons. The Morgan fingerprint density at radius 1 is 1.31 bits per heavy atom. The van der Waals surface area contributed by atoms with Crippen molar-refractivity contribution in [2.75, 3.05) is 11.9 Å². The fourth-order valence-electron chi connectivity index (χ4n) is 2.43. The number of carbonyl (C=O) groups is 1. The Labute approximate surface area is 149 Å². The van der Waals surface area contributed by atoms with Crippen molar-refractivity contribution in [3.63, 3.8) is 0 Å². The Balaban J connectivity index is 1.98. The van der Waals surface area contributed by atoms with E-state index >= 15 is 0 Å². The Morgan fingerprint density at radius 2 is 2.12 bits per heavy atom. The zero-order valence-electron chi connectivity index (χ0n) is 14.7. The van der Waals surface area contributed by atoms with Crippen molar-refractivity contribution in [2.45, 2.75) is 26.9 Å². The van der Waals surface area contributed by atoms with Crippen molar-refractivity contribution in [1.29, 1.82) is 0 Å². The van der Waals surface area contributed by atoms with E-state index in [1.165, 1.54) is 18.5 Å². The maximum atomic E-state index is 13.6. The molecule has 2 heterocycles. The summed E-state index contributed by atoms with van der Waals surface area (Å²) < 4.78 is 24.2. The van der Waals surface area contributed by atoms with Gasteiger partial charge < -0.3 is 19.8 Å². The number of hydrogen-bond donors (Lipinski definition) is 2. The molecule has 2 N–H and O–H groups in total. The van der Waals surface area contributed by atoms with Gasteiger partial charge in [0.05, 0.1) is 23.9 Å². The lowest BCUT2D eigenvalue weighted by atomic mass is 10.2. The second kappa shape index (κ2) is 7.38. The third-order valence-corrected chi connectivity index (χ3v) is 3.47. The summed E-state index contributed by atoms with van der Waals surface area (Å²) in [5.41, 5.74) is 1.92. The van der Waals surface area contributed by atoms with Crippen molar-refractivity contribution in [1.82, 2.24) is 15.0 Å². The van der Waals surface area contributed by atoms with Crippen LogP contribution in [-0.4, -0.2) is 33.6 Å². The monoisotopic (exact) mass is 358 g/mol. The van der Waals surface area contributed by atoms with E-state index in [0.717, 1.165) is 0 Å². The normalized spacial score (nSPS) is 11.0. The molecule has 0 saturated carbocycles. The lowest BCUT2D eigenvalue weighted by Gasteiger charge is -2.15. The average Bonchev–Trinajstić information content (AvgIpc) is 3.02. The quantitative estimate of drug-likeness (QED) is 0.652. The lowest BCUT2D eigenvalue weighted by Crippen LogP contribution is -2.08. The van der Waals surface area contributed by atoms with Crippen LogP contribution in [0.2, 0.25) is 0 Å². The fourth-order valence-corrected chi connectivity index (χ4v) is 2.43. The molecule has 0 aliphatic heterocycles. The van der Waals surface area contributed by atoms with Crippen LogP contribution < -0.4 is 10.1 Å². The SMILES string of the molecule is CCOC(=O)c1cc2ncnc(Nc3ccc(F)cc3OC(C)C)c2[nH]1. The minimum Gasteiger partial charge on any atom is -0.489 e. The van der Waals surface area contributed by atoms with E-state index in [4.69, 9.17) is 9.47 Å². The minimum atomic E-state index is -0.470. The van der Waals surface area contributed by atoms with Crippen LogP contribution in [0.25, 0.3) is 11.0 Å². The first-order valence-corrected chi connectivity index (χ1v) is 8.22. The molecule has 3 aromatic rings. The van der Waals surface area contributed by atoms with Gasteiger partial charge in [0, 0.05) is 6.07 Å². The predicted octanol–water partition coefficient (Wildman–Crippen LogP) is 3.80. The number of hydrogen-bond acceptors (Lipinski definition) is 6. The van der Waals surface area contributed by atoms with E-state index in [2.05, 4.69) is 20.3 Å². The second-order valence-electron chi connectivity index (χ2n) is 5.82. The molecule has 136 valence electrons. The number of halogens is 1. The van der Waals surface area contributed by atoms with Gasteiger partial charge in [-0.2, -0.15) is 0 Å². The first kappa shape index (κ1) is 17.7. The summed E-state index contributed by atoms with van der Waals surface area (Å²) in [6, 6.07) is 5.79. The molecule has 0 atom stereocenters. The highest BCUT2D eigenvalue weighted by atomic mass is 19.1. The first-order valence-electron chi connectivity index (χ1n) is 8.22. The first-order chi connectivity index (χ1) is 12.5. The molecule has 2 aromatic heterocycles. The Hall–Kier alpha value is -3.16. The second-order valence-corrected chi connectivity index (χ2v) is 5.82. The number of aromatic amines is 1. The third kappa shape index (κ3) is 3.74. The van der Waals surface area contributed by atoms with Gasteiger partial charge in [-0.25, -0.2) is 19.2 Å². The molecule has 0 unspecified atom stereocenters. The number of anilines is 2. The van der Waals surface area contributed by atoms with Gasteiger partial charge in [0.1, 0.15) is 29.1 Å². The van der Waals surface area contributed by atoms with Gasteiger partial charge in [-0.05, 0) is 39.0 Å². The van der Waals surface area contributed by atoms with Crippen LogP contribution in [0, 0.1) is 5.82 Å². The summed E-state index contributed by atoms with van der Waals surface area (Å²) in [4.78, 5) is 23.2. The molecule has 0 bridgehead atoms. The number of ether oxygens (including phenoxy) is 2. The molecule has 1 aromatic carbocycles. The van der Waals surface area contributed by atoms with Crippen LogP contribution in [-0.2, 0) is 4.74 Å². The molecular weight excluding hydrogens is 339 g/mol. The van der Waals surface area contributed by atoms with Crippen LogP contribution in [0.4, 0.5) is 15.9 Å². The van der Waals surface area contributed by atoms with Gasteiger partial charge in [0.25, 0.3) is 0 Å². The molecule has 0 aliphatic carbocycles. The summed E-state index contributed by atoms with van der Waals surface area (Å²) in [6.45, 7) is 5.72. The molecule has 0 spiro atoms. The fraction of sp³-hybridized carbons (Fsp3) is 0.278. The van der Waals surface area contributed by atoms with Crippen LogP contribution >= 0.6 is 0 Å². The highest BCUT2D eigenvalue weighted by molar-refractivity contribution is 5.97. The Morgan fingerprint density at radius 3 is 2.85 bits per heavy atom. The van der Waals surface area contributed by atoms with Crippen molar-refractivity contribution in [2.24, 2.45) is 0 Å². The van der Waals surface area contributed by atoms with Crippen molar-refractivity contribution in [3.05, 3.63) is 42.1 Å². The highest BCUT2D eigenvalue weighted by Crippen LogP contribution is 2.31. The molecule has 8 heteroatoms. The van der Waals surface area contributed by atoms with Crippen LogP contribution in [0.15, 0.2) is 30.6 Å². The van der Waals surface area contributed by atoms with E-state index in [1.54, 1.807) is 19.1 Å². The highest BCUT2D eigenvalue weighted by Gasteiger charge is 2.15. The van der Waals surface area contributed by atoms with Crippen molar-refractivity contribution >= 4 is 28.5 Å². The number of nitrogens with one attached hydrogen (secondary N) is 2. The summed E-state index contributed by atoms with van der Waals surface area (Å²) >= 11 is 0. The molecule has 3 rings (SSSR count).